The van der Waals surface area contributed by atoms with Crippen molar-refractivity contribution < 1.29 is 0 Å². The first kappa shape index (κ1) is 12.9. The summed E-state index contributed by atoms with van der Waals surface area (Å²) in [7, 11) is 0. The number of anilines is 1. The summed E-state index contributed by atoms with van der Waals surface area (Å²) in [6.07, 6.45) is 8.79. The smallest absolute Gasteiger partial charge is 0.136 e. The lowest BCUT2D eigenvalue weighted by atomic mass is 10.1. The highest BCUT2D eigenvalue weighted by Gasteiger charge is 2.20. The molecule has 3 rings (SSSR count). The number of thiocarbonyl (C=S) groups is 1. The number of aromatic nitrogens is 1. The van der Waals surface area contributed by atoms with E-state index in [0.717, 1.165) is 36.7 Å². The third-order valence-corrected chi connectivity index (χ3v) is 4.31. The van der Waals surface area contributed by atoms with Crippen molar-refractivity contribution in [1.82, 2.24) is 4.98 Å². The molecule has 0 atom stereocenters. The topological polar surface area (TPSA) is 50.9 Å². The molecule has 0 amide bonds. The van der Waals surface area contributed by atoms with Crippen molar-refractivity contribution in [2.75, 3.05) is 11.9 Å². The van der Waals surface area contributed by atoms with Crippen LogP contribution >= 0.6 is 12.2 Å². The van der Waals surface area contributed by atoms with E-state index < -0.39 is 0 Å². The fourth-order valence-corrected chi connectivity index (χ4v) is 2.95. The number of hydrogen-bond donors (Lipinski definition) is 2. The molecule has 0 radical (unpaired) electrons. The number of fused-ring (bicyclic) bond motifs is 1. The van der Waals surface area contributed by atoms with Crippen molar-refractivity contribution in [3.05, 3.63) is 22.9 Å². The maximum atomic E-state index is 5.82. The van der Waals surface area contributed by atoms with Gasteiger partial charge in [-0.2, -0.15) is 0 Å². The summed E-state index contributed by atoms with van der Waals surface area (Å²) in [5.41, 5.74) is 9.29. The fraction of sp³-hybridized carbons (Fsp3) is 0.600. The first-order valence-corrected chi connectivity index (χ1v) is 7.71. The van der Waals surface area contributed by atoms with E-state index in [-0.39, 0.29) is 0 Å². The minimum atomic E-state index is 0.451. The van der Waals surface area contributed by atoms with Gasteiger partial charge in [-0.15, -0.1) is 0 Å². The fourth-order valence-electron chi connectivity index (χ4n) is 2.80. The molecule has 102 valence electrons. The largest absolute Gasteiger partial charge is 0.389 e. The van der Waals surface area contributed by atoms with E-state index in [2.05, 4.69) is 11.4 Å². The molecule has 1 fully saturated rings. The monoisotopic (exact) mass is 275 g/mol. The van der Waals surface area contributed by atoms with Gasteiger partial charge in [0.25, 0.3) is 0 Å². The van der Waals surface area contributed by atoms with Gasteiger partial charge in [0.05, 0.1) is 5.56 Å². The summed E-state index contributed by atoms with van der Waals surface area (Å²) >= 11 is 5.15. The van der Waals surface area contributed by atoms with Crippen LogP contribution in [-0.2, 0) is 12.8 Å². The second-order valence-corrected chi connectivity index (χ2v) is 6.16. The number of nitrogens with one attached hydrogen (secondary N) is 1. The normalized spacial score (nSPS) is 17.3. The van der Waals surface area contributed by atoms with Gasteiger partial charge in [-0.25, -0.2) is 4.98 Å². The zero-order chi connectivity index (χ0) is 13.2. The van der Waals surface area contributed by atoms with Gasteiger partial charge in [-0.3, -0.25) is 0 Å². The molecule has 0 saturated heterocycles. The van der Waals surface area contributed by atoms with Crippen LogP contribution in [0.4, 0.5) is 5.82 Å². The molecule has 0 aliphatic heterocycles. The third kappa shape index (κ3) is 3.06. The lowest BCUT2D eigenvalue weighted by Crippen LogP contribution is -2.16. The van der Waals surface area contributed by atoms with Gasteiger partial charge in [0.1, 0.15) is 10.8 Å². The number of pyridine rings is 1. The number of nitrogens with zero attached hydrogens (tertiary/aromatic N) is 1. The third-order valence-electron chi connectivity index (χ3n) is 4.09. The van der Waals surface area contributed by atoms with Crippen LogP contribution in [0.2, 0.25) is 0 Å². The second-order valence-electron chi connectivity index (χ2n) is 5.72. The predicted molar refractivity (Wildman–Crippen MR) is 82.6 cm³/mol. The maximum Gasteiger partial charge on any atom is 0.136 e. The Balaban J connectivity index is 1.68. The second kappa shape index (κ2) is 5.45. The quantitative estimate of drug-likeness (QED) is 0.619. The minimum Gasteiger partial charge on any atom is -0.389 e. The first-order valence-electron chi connectivity index (χ1n) is 7.30. The summed E-state index contributed by atoms with van der Waals surface area (Å²) in [6, 6.07) is 2.14. The zero-order valence-corrected chi connectivity index (χ0v) is 12.1. The lowest BCUT2D eigenvalue weighted by Gasteiger charge is -2.12. The number of nitrogens with two attached hydrogens (primary N) is 1. The molecule has 0 aromatic carbocycles. The molecule has 0 unspecified atom stereocenters. The molecule has 3 N–H and O–H groups in total. The molecule has 1 saturated carbocycles. The molecule has 19 heavy (non-hydrogen) atoms. The van der Waals surface area contributed by atoms with E-state index in [0.29, 0.717) is 4.99 Å². The van der Waals surface area contributed by atoms with Crippen LogP contribution in [0.3, 0.4) is 0 Å². The Morgan fingerprint density at radius 1 is 1.42 bits per heavy atom. The minimum absolute atomic E-state index is 0.451. The highest BCUT2D eigenvalue weighted by molar-refractivity contribution is 7.80. The average molecular weight is 275 g/mol. The molecule has 2 aliphatic rings. The Labute approximate surface area is 120 Å². The van der Waals surface area contributed by atoms with Gasteiger partial charge in [0.15, 0.2) is 0 Å². The van der Waals surface area contributed by atoms with Gasteiger partial charge in [-0.1, -0.05) is 25.1 Å². The summed E-state index contributed by atoms with van der Waals surface area (Å²) < 4.78 is 0. The van der Waals surface area contributed by atoms with Gasteiger partial charge in [-0.05, 0) is 49.7 Å². The van der Waals surface area contributed by atoms with Crippen LogP contribution in [0.25, 0.3) is 0 Å². The summed E-state index contributed by atoms with van der Waals surface area (Å²) in [6.45, 7) is 0.970. The molecule has 0 spiro atoms. The molecule has 3 nitrogen and oxygen atoms in total. The van der Waals surface area contributed by atoms with Crippen LogP contribution < -0.4 is 11.1 Å². The Hall–Kier alpha value is -1.16. The molecule has 1 aromatic heterocycles. The highest BCUT2D eigenvalue weighted by Crippen LogP contribution is 2.33. The van der Waals surface area contributed by atoms with Crippen LogP contribution in [0.15, 0.2) is 6.07 Å². The summed E-state index contributed by atoms with van der Waals surface area (Å²) in [4.78, 5) is 5.18. The van der Waals surface area contributed by atoms with Crippen LogP contribution in [-0.4, -0.2) is 16.5 Å². The van der Waals surface area contributed by atoms with Gasteiger partial charge < -0.3 is 11.1 Å². The van der Waals surface area contributed by atoms with Gasteiger partial charge >= 0.3 is 0 Å². The SMILES string of the molecule is NC(=S)c1cc2c(nc1NCCCC1CC1)CCC2. The van der Waals surface area contributed by atoms with E-state index in [1.54, 1.807) is 0 Å². The van der Waals surface area contributed by atoms with Crippen LogP contribution in [0, 0.1) is 5.92 Å². The Kier molecular flexibility index (Phi) is 3.69. The highest BCUT2D eigenvalue weighted by atomic mass is 32.1. The van der Waals surface area contributed by atoms with Crippen molar-refractivity contribution in [2.45, 2.75) is 44.9 Å². The molecule has 4 heteroatoms. The van der Waals surface area contributed by atoms with Crippen molar-refractivity contribution in [1.29, 1.82) is 0 Å². The van der Waals surface area contributed by atoms with Crippen molar-refractivity contribution in [3.8, 4) is 0 Å². The molecular weight excluding hydrogens is 254 g/mol. The van der Waals surface area contributed by atoms with E-state index >= 15 is 0 Å². The van der Waals surface area contributed by atoms with Gasteiger partial charge in [0, 0.05) is 12.2 Å². The van der Waals surface area contributed by atoms with E-state index in [1.807, 2.05) is 0 Å². The van der Waals surface area contributed by atoms with Crippen molar-refractivity contribution in [2.24, 2.45) is 11.7 Å². The van der Waals surface area contributed by atoms with Gasteiger partial charge in [0.2, 0.25) is 0 Å². The van der Waals surface area contributed by atoms with E-state index in [1.165, 1.54) is 43.4 Å². The molecule has 1 heterocycles. The van der Waals surface area contributed by atoms with Crippen LogP contribution in [0.1, 0.15) is 48.9 Å². The number of aryl methyl sites for hydroxylation is 2. The Morgan fingerprint density at radius 3 is 3.00 bits per heavy atom. The zero-order valence-electron chi connectivity index (χ0n) is 11.2. The van der Waals surface area contributed by atoms with E-state index in [9.17, 15) is 0 Å². The average Bonchev–Trinajstić information content (AvgIpc) is 3.10. The van der Waals surface area contributed by atoms with Crippen LogP contribution in [0.5, 0.6) is 0 Å². The standard InChI is InChI=1S/C15H21N3S/c16-14(19)12-9-11-4-1-5-13(11)18-15(12)17-8-2-3-10-6-7-10/h9-10H,1-8H2,(H2,16,19)(H,17,18). The summed E-state index contributed by atoms with van der Waals surface area (Å²) in [5, 5.41) is 3.43. The van der Waals surface area contributed by atoms with Crippen molar-refractivity contribution in [3.63, 3.8) is 0 Å². The number of rotatable bonds is 6. The summed E-state index contributed by atoms with van der Waals surface area (Å²) in [5.74, 6) is 1.88. The Morgan fingerprint density at radius 2 is 2.26 bits per heavy atom. The van der Waals surface area contributed by atoms with Crippen molar-refractivity contribution >= 4 is 23.0 Å². The van der Waals surface area contributed by atoms with E-state index in [4.69, 9.17) is 22.9 Å². The number of hydrogen-bond acceptors (Lipinski definition) is 3. The molecule has 1 aromatic rings. The molecular formula is C15H21N3S. The molecule has 2 aliphatic carbocycles. The maximum absolute atomic E-state index is 5.82. The lowest BCUT2D eigenvalue weighted by molar-refractivity contribution is 0.686. The first-order chi connectivity index (χ1) is 9.24. The Bertz CT molecular complexity index is 494. The molecule has 0 bridgehead atoms. The predicted octanol–water partition coefficient (Wildman–Crippen LogP) is 2.81.